The highest BCUT2D eigenvalue weighted by atomic mass is 16.5. The van der Waals surface area contributed by atoms with E-state index in [1.807, 2.05) is 61.5 Å². The molecule has 3 aromatic carbocycles. The number of benzene rings is 3. The molecule has 1 amide bonds. The van der Waals surface area contributed by atoms with E-state index in [9.17, 15) is 9.59 Å². The Morgan fingerprint density at radius 1 is 0.969 bits per heavy atom. The van der Waals surface area contributed by atoms with E-state index >= 15 is 0 Å². The highest BCUT2D eigenvalue weighted by Gasteiger charge is 2.11. The smallest absolute Gasteiger partial charge is 0.336 e. The highest BCUT2D eigenvalue weighted by molar-refractivity contribution is 5.93. The van der Waals surface area contributed by atoms with Crippen LogP contribution in [0.15, 0.2) is 94.1 Å². The molecule has 1 N–H and O–H groups in total. The lowest BCUT2D eigenvalue weighted by molar-refractivity contribution is -0.123. The van der Waals surface area contributed by atoms with E-state index < -0.39 is 5.63 Å². The van der Waals surface area contributed by atoms with Gasteiger partial charge in [-0.05, 0) is 48.6 Å². The monoisotopic (exact) mass is 427 g/mol. The molecule has 5 heteroatoms. The topological polar surface area (TPSA) is 68.5 Å². The lowest BCUT2D eigenvalue weighted by Crippen LogP contribution is -2.36. The maximum absolute atomic E-state index is 12.3. The number of nitrogens with one attached hydrogen (secondary N) is 1. The summed E-state index contributed by atoms with van der Waals surface area (Å²) in [4.78, 5) is 24.4. The number of hydrogen-bond acceptors (Lipinski definition) is 4. The van der Waals surface area contributed by atoms with Gasteiger partial charge in [0.2, 0.25) is 0 Å². The molecule has 0 aliphatic heterocycles. The zero-order valence-electron chi connectivity index (χ0n) is 17.9. The lowest BCUT2D eigenvalue weighted by atomic mass is 10.0. The van der Waals surface area contributed by atoms with Crippen LogP contribution in [0, 0.1) is 0 Å². The molecule has 1 heterocycles. The molecule has 0 spiro atoms. The second-order valence-corrected chi connectivity index (χ2v) is 7.78. The molecular formula is C27H25NO4. The van der Waals surface area contributed by atoms with Gasteiger partial charge in [0.15, 0.2) is 6.61 Å². The van der Waals surface area contributed by atoms with Crippen LogP contribution in [0.2, 0.25) is 0 Å². The molecule has 0 saturated heterocycles. The van der Waals surface area contributed by atoms with Gasteiger partial charge in [0, 0.05) is 23.6 Å². The minimum atomic E-state index is -0.432. The second kappa shape index (κ2) is 9.96. The van der Waals surface area contributed by atoms with Crippen LogP contribution in [0.25, 0.3) is 22.1 Å². The summed E-state index contributed by atoms with van der Waals surface area (Å²) in [6, 6.07) is 26.6. The molecule has 162 valence electrons. The molecule has 5 nitrogen and oxygen atoms in total. The first-order valence-corrected chi connectivity index (χ1v) is 10.7. The van der Waals surface area contributed by atoms with Crippen LogP contribution in [0.4, 0.5) is 0 Å². The van der Waals surface area contributed by atoms with Crippen molar-refractivity contribution in [2.45, 2.75) is 25.8 Å². The van der Waals surface area contributed by atoms with Crippen molar-refractivity contribution in [3.63, 3.8) is 0 Å². The van der Waals surface area contributed by atoms with Gasteiger partial charge in [0.1, 0.15) is 11.3 Å². The first kappa shape index (κ1) is 21.4. The van der Waals surface area contributed by atoms with Crippen molar-refractivity contribution in [2.75, 3.05) is 6.61 Å². The highest BCUT2D eigenvalue weighted by Crippen LogP contribution is 2.29. The second-order valence-electron chi connectivity index (χ2n) is 7.78. The summed E-state index contributed by atoms with van der Waals surface area (Å²) in [6.45, 7) is 1.88. The Balaban J connectivity index is 1.38. The van der Waals surface area contributed by atoms with Crippen LogP contribution < -0.4 is 15.7 Å². The number of aryl methyl sites for hydroxylation is 1. The summed E-state index contributed by atoms with van der Waals surface area (Å²) in [7, 11) is 0. The van der Waals surface area contributed by atoms with E-state index in [0.29, 0.717) is 11.3 Å². The fraction of sp³-hybridized carbons (Fsp3) is 0.185. The lowest BCUT2D eigenvalue weighted by Gasteiger charge is -2.14. The fourth-order valence-corrected chi connectivity index (χ4v) is 3.65. The molecule has 1 atom stereocenters. The van der Waals surface area contributed by atoms with Crippen molar-refractivity contribution >= 4 is 16.9 Å². The van der Waals surface area contributed by atoms with Crippen LogP contribution in [-0.2, 0) is 11.2 Å². The van der Waals surface area contributed by atoms with E-state index in [1.54, 1.807) is 12.1 Å². The third-order valence-electron chi connectivity index (χ3n) is 5.29. The largest absolute Gasteiger partial charge is 0.484 e. The Labute approximate surface area is 186 Å². The first-order chi connectivity index (χ1) is 15.6. The van der Waals surface area contributed by atoms with Gasteiger partial charge in [-0.3, -0.25) is 4.79 Å². The van der Waals surface area contributed by atoms with Gasteiger partial charge in [-0.15, -0.1) is 0 Å². The van der Waals surface area contributed by atoms with E-state index in [-0.39, 0.29) is 18.6 Å². The number of rotatable bonds is 8. The number of carbonyl (C=O) groups is 1. The molecule has 1 unspecified atom stereocenters. The van der Waals surface area contributed by atoms with Crippen LogP contribution in [0.5, 0.6) is 5.75 Å². The Morgan fingerprint density at radius 3 is 2.44 bits per heavy atom. The molecule has 0 aliphatic carbocycles. The summed E-state index contributed by atoms with van der Waals surface area (Å²) < 4.78 is 11.0. The quantitative estimate of drug-likeness (QED) is 0.403. The average Bonchev–Trinajstić information content (AvgIpc) is 2.82. The Kier molecular flexibility index (Phi) is 6.66. The van der Waals surface area contributed by atoms with Crippen LogP contribution in [0.1, 0.15) is 18.9 Å². The molecule has 32 heavy (non-hydrogen) atoms. The van der Waals surface area contributed by atoms with Crippen LogP contribution in [0.3, 0.4) is 0 Å². The van der Waals surface area contributed by atoms with Gasteiger partial charge in [-0.2, -0.15) is 0 Å². The summed E-state index contributed by atoms with van der Waals surface area (Å²) >= 11 is 0. The molecule has 0 aliphatic rings. The van der Waals surface area contributed by atoms with Crippen molar-refractivity contribution in [2.24, 2.45) is 0 Å². The molecule has 1 aromatic heterocycles. The third-order valence-corrected chi connectivity index (χ3v) is 5.29. The number of fused-ring (bicyclic) bond motifs is 1. The Hall–Kier alpha value is -3.86. The van der Waals surface area contributed by atoms with Crippen molar-refractivity contribution in [1.29, 1.82) is 0 Å². The summed E-state index contributed by atoms with van der Waals surface area (Å²) in [6.07, 6.45) is 1.75. The van der Waals surface area contributed by atoms with E-state index in [1.165, 1.54) is 11.6 Å². The molecule has 4 rings (SSSR count). The molecule has 0 bridgehead atoms. The van der Waals surface area contributed by atoms with E-state index in [0.717, 1.165) is 29.4 Å². The number of carbonyl (C=O) groups excluding carboxylic acids is 1. The summed E-state index contributed by atoms with van der Waals surface area (Å²) in [5, 5.41) is 3.77. The first-order valence-electron chi connectivity index (χ1n) is 10.7. The van der Waals surface area contributed by atoms with Gasteiger partial charge in [-0.1, -0.05) is 60.7 Å². The van der Waals surface area contributed by atoms with E-state index in [4.69, 9.17) is 9.15 Å². The minimum absolute atomic E-state index is 0.0364. The maximum atomic E-state index is 12.3. The normalized spacial score (nSPS) is 11.8. The molecular weight excluding hydrogens is 402 g/mol. The number of amides is 1. The van der Waals surface area contributed by atoms with Crippen molar-refractivity contribution in [3.05, 3.63) is 101 Å². The predicted octanol–water partition coefficient (Wildman–Crippen LogP) is 4.98. The summed E-state index contributed by atoms with van der Waals surface area (Å²) in [5.41, 5.74) is 2.97. The standard InChI is InChI=1S/C27H25NO4/c1-19(12-13-20-8-4-2-5-9-20)28-26(29)18-31-22-14-15-23-24(21-10-6-3-7-11-21)17-27(30)32-25(23)16-22/h2-11,14-17,19H,12-13,18H2,1H3,(H,28,29). The molecule has 0 radical (unpaired) electrons. The van der Waals surface area contributed by atoms with Gasteiger partial charge < -0.3 is 14.5 Å². The SMILES string of the molecule is CC(CCc1ccccc1)NC(=O)COc1ccc2c(-c3ccccc3)cc(=O)oc2c1. The van der Waals surface area contributed by atoms with Crippen molar-refractivity contribution < 1.29 is 13.9 Å². The minimum Gasteiger partial charge on any atom is -0.484 e. The predicted molar refractivity (Wildman–Crippen MR) is 126 cm³/mol. The number of ether oxygens (including phenoxy) is 1. The van der Waals surface area contributed by atoms with Gasteiger partial charge >= 0.3 is 5.63 Å². The van der Waals surface area contributed by atoms with Crippen molar-refractivity contribution in [3.8, 4) is 16.9 Å². The summed E-state index contributed by atoms with van der Waals surface area (Å²) in [5.74, 6) is 0.281. The van der Waals surface area contributed by atoms with Gasteiger partial charge in [0.05, 0.1) is 0 Å². The third kappa shape index (κ3) is 5.43. The zero-order chi connectivity index (χ0) is 22.3. The van der Waals surface area contributed by atoms with E-state index in [2.05, 4.69) is 17.4 Å². The molecule has 0 saturated carbocycles. The van der Waals surface area contributed by atoms with Gasteiger partial charge in [-0.25, -0.2) is 4.79 Å². The molecule has 0 fully saturated rings. The zero-order valence-corrected chi connectivity index (χ0v) is 17.9. The Morgan fingerprint density at radius 2 is 1.69 bits per heavy atom. The van der Waals surface area contributed by atoms with Crippen LogP contribution >= 0.6 is 0 Å². The van der Waals surface area contributed by atoms with Crippen molar-refractivity contribution in [1.82, 2.24) is 5.32 Å². The van der Waals surface area contributed by atoms with Crippen LogP contribution in [-0.4, -0.2) is 18.6 Å². The Bertz CT molecular complexity index is 1250. The fourth-order valence-electron chi connectivity index (χ4n) is 3.65. The maximum Gasteiger partial charge on any atom is 0.336 e. The number of hydrogen-bond donors (Lipinski definition) is 1. The molecule has 4 aromatic rings. The van der Waals surface area contributed by atoms with Gasteiger partial charge in [0.25, 0.3) is 5.91 Å². The average molecular weight is 428 g/mol.